The van der Waals surface area contributed by atoms with Gasteiger partial charge in [0.2, 0.25) is 0 Å². The van der Waals surface area contributed by atoms with Crippen molar-refractivity contribution in [1.29, 1.82) is 0 Å². The molecular formula is C23H30N2O3. The summed E-state index contributed by atoms with van der Waals surface area (Å²) in [5, 5.41) is 5.67. The standard InChI is InChI=1S/C23H30N2O3/c1-5-17(4)20-8-6-7-9-21(20)28-15-22(26)25-19-12-10-18(11-13-19)23(27)24-14-16(2)3/h6-13,16-17H,5,14-15H2,1-4H3,(H,24,27)(H,25,26). The average molecular weight is 383 g/mol. The van der Waals surface area contributed by atoms with E-state index in [2.05, 4.69) is 24.5 Å². The molecule has 0 radical (unpaired) electrons. The molecule has 2 aromatic rings. The van der Waals surface area contributed by atoms with E-state index in [4.69, 9.17) is 4.74 Å². The van der Waals surface area contributed by atoms with Crippen LogP contribution in [0.2, 0.25) is 0 Å². The maximum absolute atomic E-state index is 12.2. The fourth-order valence-electron chi connectivity index (χ4n) is 2.68. The first-order valence-electron chi connectivity index (χ1n) is 9.80. The summed E-state index contributed by atoms with van der Waals surface area (Å²) in [7, 11) is 0. The number of nitrogens with one attached hydrogen (secondary N) is 2. The number of carbonyl (C=O) groups is 2. The molecule has 1 atom stereocenters. The van der Waals surface area contributed by atoms with Gasteiger partial charge in [0.25, 0.3) is 11.8 Å². The molecule has 2 aromatic carbocycles. The molecule has 2 amide bonds. The van der Waals surface area contributed by atoms with Gasteiger partial charge in [-0.05, 0) is 54.2 Å². The van der Waals surface area contributed by atoms with Gasteiger partial charge in [-0.15, -0.1) is 0 Å². The van der Waals surface area contributed by atoms with Crippen molar-refractivity contribution >= 4 is 17.5 Å². The highest BCUT2D eigenvalue weighted by atomic mass is 16.5. The highest BCUT2D eigenvalue weighted by Gasteiger charge is 2.12. The zero-order chi connectivity index (χ0) is 20.5. The van der Waals surface area contributed by atoms with Crippen molar-refractivity contribution in [3.63, 3.8) is 0 Å². The van der Waals surface area contributed by atoms with Crippen LogP contribution in [0.15, 0.2) is 48.5 Å². The van der Waals surface area contributed by atoms with Gasteiger partial charge in [-0.1, -0.05) is 45.9 Å². The van der Waals surface area contributed by atoms with Crippen molar-refractivity contribution in [3.05, 3.63) is 59.7 Å². The van der Waals surface area contributed by atoms with Crippen LogP contribution in [0.5, 0.6) is 5.75 Å². The van der Waals surface area contributed by atoms with Gasteiger partial charge >= 0.3 is 0 Å². The third kappa shape index (κ3) is 6.41. The lowest BCUT2D eigenvalue weighted by molar-refractivity contribution is -0.118. The van der Waals surface area contributed by atoms with Gasteiger partial charge in [0.05, 0.1) is 0 Å². The van der Waals surface area contributed by atoms with E-state index in [0.717, 1.165) is 17.7 Å². The Balaban J connectivity index is 1.89. The highest BCUT2D eigenvalue weighted by molar-refractivity contribution is 5.96. The molecule has 2 rings (SSSR count). The zero-order valence-electron chi connectivity index (χ0n) is 17.1. The first-order valence-corrected chi connectivity index (χ1v) is 9.80. The first-order chi connectivity index (χ1) is 13.4. The molecule has 0 fully saturated rings. The molecule has 0 saturated heterocycles. The van der Waals surface area contributed by atoms with Gasteiger partial charge in [-0.25, -0.2) is 0 Å². The van der Waals surface area contributed by atoms with E-state index >= 15 is 0 Å². The van der Waals surface area contributed by atoms with E-state index in [1.807, 2.05) is 38.1 Å². The van der Waals surface area contributed by atoms with Crippen LogP contribution in [-0.2, 0) is 4.79 Å². The average Bonchev–Trinajstić information content (AvgIpc) is 2.70. The molecule has 0 aromatic heterocycles. The van der Waals surface area contributed by atoms with Gasteiger partial charge in [0.1, 0.15) is 5.75 Å². The number of rotatable bonds is 9. The molecule has 0 bridgehead atoms. The van der Waals surface area contributed by atoms with Crippen LogP contribution >= 0.6 is 0 Å². The molecule has 5 nitrogen and oxygen atoms in total. The van der Waals surface area contributed by atoms with Crippen LogP contribution in [0.4, 0.5) is 5.69 Å². The quantitative estimate of drug-likeness (QED) is 0.666. The van der Waals surface area contributed by atoms with Crippen molar-refractivity contribution in [2.24, 2.45) is 5.92 Å². The van der Waals surface area contributed by atoms with Crippen LogP contribution in [-0.4, -0.2) is 25.0 Å². The first kappa shape index (κ1) is 21.5. The molecule has 2 N–H and O–H groups in total. The second kappa shape index (κ2) is 10.5. The minimum atomic E-state index is -0.240. The molecule has 5 heteroatoms. The summed E-state index contributed by atoms with van der Waals surface area (Å²) < 4.78 is 5.73. The SMILES string of the molecule is CCC(C)c1ccccc1OCC(=O)Nc1ccc(C(=O)NCC(C)C)cc1. The lowest BCUT2D eigenvalue weighted by Crippen LogP contribution is -2.27. The van der Waals surface area contributed by atoms with Crippen LogP contribution in [0, 0.1) is 5.92 Å². The molecule has 0 spiro atoms. The Bertz CT molecular complexity index is 785. The Labute approximate surface area is 167 Å². The van der Waals surface area contributed by atoms with Gasteiger partial charge in [-0.2, -0.15) is 0 Å². The molecule has 28 heavy (non-hydrogen) atoms. The molecule has 0 heterocycles. The topological polar surface area (TPSA) is 67.4 Å². The number of hydrogen-bond acceptors (Lipinski definition) is 3. The smallest absolute Gasteiger partial charge is 0.262 e. The Kier molecular flexibility index (Phi) is 8.05. The minimum Gasteiger partial charge on any atom is -0.483 e. The van der Waals surface area contributed by atoms with Gasteiger partial charge in [0.15, 0.2) is 6.61 Å². The van der Waals surface area contributed by atoms with Crippen molar-refractivity contribution in [1.82, 2.24) is 5.32 Å². The van der Waals surface area contributed by atoms with E-state index in [1.54, 1.807) is 24.3 Å². The monoisotopic (exact) mass is 382 g/mol. The third-order valence-electron chi connectivity index (χ3n) is 4.52. The third-order valence-corrected chi connectivity index (χ3v) is 4.52. The van der Waals surface area contributed by atoms with Crippen LogP contribution in [0.25, 0.3) is 0 Å². The summed E-state index contributed by atoms with van der Waals surface area (Å²) in [6.07, 6.45) is 1.00. The predicted octanol–water partition coefficient (Wildman–Crippen LogP) is 4.60. The van der Waals surface area contributed by atoms with Crippen LogP contribution < -0.4 is 15.4 Å². The lowest BCUT2D eigenvalue weighted by Gasteiger charge is -2.15. The largest absolute Gasteiger partial charge is 0.483 e. The van der Waals surface area contributed by atoms with E-state index < -0.39 is 0 Å². The summed E-state index contributed by atoms with van der Waals surface area (Å²) in [6.45, 7) is 8.92. The second-order valence-electron chi connectivity index (χ2n) is 7.37. The summed E-state index contributed by atoms with van der Waals surface area (Å²) in [4.78, 5) is 24.3. The summed E-state index contributed by atoms with van der Waals surface area (Å²) in [5.74, 6) is 1.15. The number of para-hydroxylation sites is 1. The van der Waals surface area contributed by atoms with E-state index in [1.165, 1.54) is 0 Å². The highest BCUT2D eigenvalue weighted by Crippen LogP contribution is 2.28. The fraction of sp³-hybridized carbons (Fsp3) is 0.391. The van der Waals surface area contributed by atoms with Crippen molar-refractivity contribution < 1.29 is 14.3 Å². The summed E-state index contributed by atoms with van der Waals surface area (Å²) in [6, 6.07) is 14.6. The maximum Gasteiger partial charge on any atom is 0.262 e. The number of ether oxygens (including phenoxy) is 1. The molecule has 0 aliphatic rings. The van der Waals surface area contributed by atoms with Crippen molar-refractivity contribution in [2.45, 2.75) is 40.0 Å². The van der Waals surface area contributed by atoms with E-state index in [9.17, 15) is 9.59 Å². The summed E-state index contributed by atoms with van der Waals surface area (Å²) >= 11 is 0. The Hall–Kier alpha value is -2.82. The zero-order valence-corrected chi connectivity index (χ0v) is 17.1. The van der Waals surface area contributed by atoms with E-state index in [-0.39, 0.29) is 18.4 Å². The number of amides is 2. The van der Waals surface area contributed by atoms with Crippen molar-refractivity contribution in [2.75, 3.05) is 18.5 Å². The Morgan fingerprint density at radius 3 is 2.32 bits per heavy atom. The van der Waals surface area contributed by atoms with Crippen LogP contribution in [0.3, 0.4) is 0 Å². The number of anilines is 1. The van der Waals surface area contributed by atoms with Gasteiger partial charge in [-0.3, -0.25) is 9.59 Å². The lowest BCUT2D eigenvalue weighted by atomic mass is 9.98. The predicted molar refractivity (Wildman–Crippen MR) is 113 cm³/mol. The number of hydrogen-bond donors (Lipinski definition) is 2. The maximum atomic E-state index is 12.2. The van der Waals surface area contributed by atoms with Crippen LogP contribution in [0.1, 0.15) is 56.0 Å². The second-order valence-corrected chi connectivity index (χ2v) is 7.37. The molecule has 0 aliphatic carbocycles. The molecule has 0 saturated carbocycles. The van der Waals surface area contributed by atoms with Gasteiger partial charge < -0.3 is 15.4 Å². The molecule has 0 aliphatic heterocycles. The van der Waals surface area contributed by atoms with Crippen molar-refractivity contribution in [3.8, 4) is 5.75 Å². The minimum absolute atomic E-state index is 0.0654. The molecule has 1 unspecified atom stereocenters. The number of carbonyl (C=O) groups excluding carboxylic acids is 2. The molecule has 150 valence electrons. The Morgan fingerprint density at radius 1 is 1.00 bits per heavy atom. The Morgan fingerprint density at radius 2 is 1.68 bits per heavy atom. The van der Waals surface area contributed by atoms with Gasteiger partial charge in [0, 0.05) is 17.8 Å². The summed E-state index contributed by atoms with van der Waals surface area (Å²) in [5.41, 5.74) is 2.30. The fourth-order valence-corrected chi connectivity index (χ4v) is 2.68. The number of benzene rings is 2. The molecular weight excluding hydrogens is 352 g/mol. The van der Waals surface area contributed by atoms with E-state index in [0.29, 0.717) is 29.6 Å². The normalized spacial score (nSPS) is 11.8.